The van der Waals surface area contributed by atoms with Gasteiger partial charge in [0.1, 0.15) is 0 Å². The van der Waals surface area contributed by atoms with Crippen molar-refractivity contribution in [1.82, 2.24) is 9.88 Å². The largest absolute Gasteiger partial charge is 0.308 e. The Bertz CT molecular complexity index is 915. The molecule has 1 saturated carbocycles. The lowest BCUT2D eigenvalue weighted by atomic mass is 9.88. The summed E-state index contributed by atoms with van der Waals surface area (Å²) in [6, 6.07) is 4.95. The molecule has 1 aliphatic rings. The Kier molecular flexibility index (Phi) is 6.18. The smallest absolute Gasteiger partial charge is 0.231 e. The molecule has 27 heavy (non-hydrogen) atoms. The molecule has 0 atom stereocenters. The molecular formula is C19H27N3O3S2. The number of thiazole rings is 1. The molecule has 1 fully saturated rings. The average molecular weight is 410 g/mol. The highest BCUT2D eigenvalue weighted by molar-refractivity contribution is 7.90. The zero-order chi connectivity index (χ0) is 19.6. The Morgan fingerprint density at radius 3 is 2.52 bits per heavy atom. The lowest BCUT2D eigenvalue weighted by Crippen LogP contribution is -2.41. The van der Waals surface area contributed by atoms with E-state index in [1.165, 1.54) is 24.0 Å². The van der Waals surface area contributed by atoms with Crippen LogP contribution in [0.2, 0.25) is 0 Å². The molecule has 8 heteroatoms. The molecule has 1 aromatic carbocycles. The summed E-state index contributed by atoms with van der Waals surface area (Å²) in [4.78, 5) is 22.0. The second-order valence-electron chi connectivity index (χ2n) is 7.53. The van der Waals surface area contributed by atoms with Gasteiger partial charge in [-0.05, 0) is 45.1 Å². The second-order valence-corrected chi connectivity index (χ2v) is 10.6. The van der Waals surface area contributed by atoms with Gasteiger partial charge in [-0.3, -0.25) is 9.69 Å². The first-order chi connectivity index (χ1) is 12.8. The van der Waals surface area contributed by atoms with Gasteiger partial charge in [0.05, 0.1) is 15.1 Å². The molecule has 148 valence electrons. The molecule has 1 aliphatic carbocycles. The van der Waals surface area contributed by atoms with Gasteiger partial charge in [-0.25, -0.2) is 13.4 Å². The third-order valence-electron chi connectivity index (χ3n) is 5.00. The summed E-state index contributed by atoms with van der Waals surface area (Å²) in [6.07, 6.45) is 6.51. The van der Waals surface area contributed by atoms with Gasteiger partial charge in [-0.2, -0.15) is 0 Å². The zero-order valence-corrected chi connectivity index (χ0v) is 17.8. The van der Waals surface area contributed by atoms with Gasteiger partial charge in [0.15, 0.2) is 15.0 Å². The summed E-state index contributed by atoms with van der Waals surface area (Å²) in [6.45, 7) is 1.34. The summed E-state index contributed by atoms with van der Waals surface area (Å²) >= 11 is 1.39. The highest BCUT2D eigenvalue weighted by atomic mass is 32.2. The number of amides is 1. The van der Waals surface area contributed by atoms with Crippen LogP contribution in [0.5, 0.6) is 0 Å². The molecule has 3 rings (SSSR count). The third-order valence-corrected chi connectivity index (χ3v) is 7.15. The van der Waals surface area contributed by atoms with Gasteiger partial charge in [0, 0.05) is 25.3 Å². The van der Waals surface area contributed by atoms with Gasteiger partial charge in [-0.1, -0.05) is 30.6 Å². The van der Waals surface area contributed by atoms with Crippen LogP contribution in [0, 0.1) is 5.92 Å². The van der Waals surface area contributed by atoms with Crippen molar-refractivity contribution in [2.24, 2.45) is 5.92 Å². The van der Waals surface area contributed by atoms with Gasteiger partial charge in [0.2, 0.25) is 5.91 Å². The van der Waals surface area contributed by atoms with E-state index in [0.717, 1.165) is 42.4 Å². The topological polar surface area (TPSA) is 70.6 Å². The Labute approximate surface area is 165 Å². The Morgan fingerprint density at radius 2 is 1.89 bits per heavy atom. The maximum absolute atomic E-state index is 13.2. The Hall–Kier alpha value is -1.51. The first kappa shape index (κ1) is 20.2. The number of benzene rings is 1. The summed E-state index contributed by atoms with van der Waals surface area (Å²) in [5.41, 5.74) is 0.730. The van der Waals surface area contributed by atoms with E-state index < -0.39 is 9.84 Å². The molecule has 0 bridgehead atoms. The predicted molar refractivity (Wildman–Crippen MR) is 110 cm³/mol. The van der Waals surface area contributed by atoms with Crippen LogP contribution in [0.25, 0.3) is 10.2 Å². The molecule has 0 unspecified atom stereocenters. The van der Waals surface area contributed by atoms with Crippen LogP contribution in [-0.2, 0) is 14.6 Å². The molecule has 0 radical (unpaired) electrons. The Balaban J connectivity index is 1.94. The van der Waals surface area contributed by atoms with Crippen LogP contribution < -0.4 is 4.90 Å². The van der Waals surface area contributed by atoms with Gasteiger partial charge in [-0.15, -0.1) is 0 Å². The van der Waals surface area contributed by atoms with Crippen molar-refractivity contribution in [3.63, 3.8) is 0 Å². The fourth-order valence-corrected chi connectivity index (χ4v) is 5.17. The van der Waals surface area contributed by atoms with Crippen LogP contribution in [0.3, 0.4) is 0 Å². The van der Waals surface area contributed by atoms with E-state index in [9.17, 15) is 13.2 Å². The van der Waals surface area contributed by atoms with E-state index in [4.69, 9.17) is 0 Å². The standard InChI is InChI=1S/C19H27N3O3S2/c1-21(2)11-12-22(18(23)14-7-5-4-6-8-14)19-20-16-10-9-15(27(3,24)25)13-17(16)26-19/h9-10,13-14H,4-8,11-12H2,1-3H3. The van der Waals surface area contributed by atoms with Crippen molar-refractivity contribution < 1.29 is 13.2 Å². The number of sulfone groups is 1. The summed E-state index contributed by atoms with van der Waals surface area (Å²) in [5.74, 6) is 0.221. The van der Waals surface area contributed by atoms with Crippen LogP contribution in [0.15, 0.2) is 23.1 Å². The molecule has 1 amide bonds. The molecule has 0 spiro atoms. The number of likely N-dealkylation sites (N-methyl/N-ethyl adjacent to an activating group) is 1. The van der Waals surface area contributed by atoms with E-state index in [1.54, 1.807) is 23.1 Å². The lowest BCUT2D eigenvalue weighted by molar-refractivity contribution is -0.123. The second kappa shape index (κ2) is 8.24. The minimum atomic E-state index is -3.27. The highest BCUT2D eigenvalue weighted by Crippen LogP contribution is 2.33. The highest BCUT2D eigenvalue weighted by Gasteiger charge is 2.28. The van der Waals surface area contributed by atoms with Crippen LogP contribution in [-0.4, -0.2) is 57.6 Å². The van der Waals surface area contributed by atoms with Gasteiger partial charge in [0.25, 0.3) is 0 Å². The number of aromatic nitrogens is 1. The normalized spacial score (nSPS) is 16.1. The molecular weight excluding hydrogens is 382 g/mol. The van der Waals surface area contributed by atoms with Crippen molar-refractivity contribution in [1.29, 1.82) is 0 Å². The predicted octanol–water partition coefficient (Wildman–Crippen LogP) is 3.17. The first-order valence-electron chi connectivity index (χ1n) is 9.32. The molecule has 1 heterocycles. The average Bonchev–Trinajstić information content (AvgIpc) is 3.04. The fourth-order valence-electron chi connectivity index (χ4n) is 3.41. The third kappa shape index (κ3) is 4.86. The Morgan fingerprint density at radius 1 is 1.19 bits per heavy atom. The molecule has 6 nitrogen and oxygen atoms in total. The number of hydrogen-bond acceptors (Lipinski definition) is 6. The number of anilines is 1. The number of rotatable bonds is 6. The van der Waals surface area contributed by atoms with Crippen molar-refractivity contribution in [3.05, 3.63) is 18.2 Å². The van der Waals surface area contributed by atoms with E-state index >= 15 is 0 Å². The molecule has 0 aliphatic heterocycles. The maximum atomic E-state index is 13.2. The number of hydrogen-bond donors (Lipinski definition) is 0. The van der Waals surface area contributed by atoms with Crippen molar-refractivity contribution >= 4 is 42.4 Å². The fraction of sp³-hybridized carbons (Fsp3) is 0.579. The lowest BCUT2D eigenvalue weighted by Gasteiger charge is -2.28. The zero-order valence-electron chi connectivity index (χ0n) is 16.1. The number of carbonyl (C=O) groups excluding carboxylic acids is 1. The van der Waals surface area contributed by atoms with Crippen LogP contribution in [0.4, 0.5) is 5.13 Å². The van der Waals surface area contributed by atoms with E-state index in [2.05, 4.69) is 9.88 Å². The maximum Gasteiger partial charge on any atom is 0.231 e. The number of nitrogens with zero attached hydrogens (tertiary/aromatic N) is 3. The summed E-state index contributed by atoms with van der Waals surface area (Å²) in [5, 5.41) is 0.660. The first-order valence-corrected chi connectivity index (χ1v) is 12.0. The minimum Gasteiger partial charge on any atom is -0.308 e. The molecule has 2 aromatic rings. The van der Waals surface area contributed by atoms with E-state index in [-0.39, 0.29) is 16.7 Å². The van der Waals surface area contributed by atoms with E-state index in [1.807, 2.05) is 14.1 Å². The van der Waals surface area contributed by atoms with Crippen molar-refractivity contribution in [2.45, 2.75) is 37.0 Å². The quantitative estimate of drug-likeness (QED) is 0.733. The molecule has 1 aromatic heterocycles. The molecule has 0 N–H and O–H groups in total. The SMILES string of the molecule is CN(C)CCN(C(=O)C1CCCCC1)c1nc2ccc(S(C)(=O)=O)cc2s1. The number of carbonyl (C=O) groups is 1. The minimum absolute atomic E-state index is 0.0690. The van der Waals surface area contributed by atoms with Crippen molar-refractivity contribution in [3.8, 4) is 0 Å². The van der Waals surface area contributed by atoms with Crippen molar-refractivity contribution in [2.75, 3.05) is 38.3 Å². The van der Waals surface area contributed by atoms with E-state index in [0.29, 0.717) is 11.7 Å². The van der Waals surface area contributed by atoms with Gasteiger partial charge < -0.3 is 4.90 Å². The summed E-state index contributed by atoms with van der Waals surface area (Å²) < 4.78 is 24.4. The van der Waals surface area contributed by atoms with Crippen LogP contribution >= 0.6 is 11.3 Å². The summed E-state index contributed by atoms with van der Waals surface area (Å²) in [7, 11) is 0.704. The molecule has 0 saturated heterocycles. The van der Waals surface area contributed by atoms with Crippen LogP contribution in [0.1, 0.15) is 32.1 Å². The number of fused-ring (bicyclic) bond motifs is 1. The monoisotopic (exact) mass is 409 g/mol. The van der Waals surface area contributed by atoms with Gasteiger partial charge >= 0.3 is 0 Å².